The van der Waals surface area contributed by atoms with Crippen LogP contribution in [0.15, 0.2) is 237 Å². The molecule has 0 saturated heterocycles. The van der Waals surface area contributed by atoms with Gasteiger partial charge in [0.2, 0.25) is 0 Å². The Labute approximate surface area is 406 Å². The lowest BCUT2D eigenvalue weighted by Crippen LogP contribution is -1.99. The van der Waals surface area contributed by atoms with Crippen LogP contribution >= 0.6 is 0 Å². The summed E-state index contributed by atoms with van der Waals surface area (Å²) >= 11 is 0. The van der Waals surface area contributed by atoms with Crippen LogP contribution in [0.4, 0.5) is 0 Å². The molecule has 326 valence electrons. The molecular weight excluding hydrogens is 859 g/mol. The Bertz CT molecular complexity index is 4680. The summed E-state index contributed by atoms with van der Waals surface area (Å²) in [6.45, 7) is 0. The lowest BCUT2D eigenvalue weighted by molar-refractivity contribution is 1.15. The highest BCUT2D eigenvalue weighted by atomic mass is 15.0. The predicted octanol–water partition coefficient (Wildman–Crippen LogP) is 18.5. The molecular formula is C68H39N3. The van der Waals surface area contributed by atoms with Crippen LogP contribution in [-0.2, 0) is 0 Å². The van der Waals surface area contributed by atoms with Gasteiger partial charge >= 0.3 is 0 Å². The van der Waals surface area contributed by atoms with Crippen molar-refractivity contribution >= 4 is 141 Å². The molecule has 3 heteroatoms. The quantitative estimate of drug-likeness (QED) is 0.157. The van der Waals surface area contributed by atoms with Gasteiger partial charge in [-0.15, -0.1) is 0 Å². The lowest BCUT2D eigenvalue weighted by Gasteiger charge is -2.16. The number of fused-ring (bicyclic) bond motifs is 17. The van der Waals surface area contributed by atoms with Crippen molar-refractivity contribution in [3.05, 3.63) is 237 Å². The molecule has 0 spiro atoms. The van der Waals surface area contributed by atoms with E-state index in [-0.39, 0.29) is 0 Å². The summed E-state index contributed by atoms with van der Waals surface area (Å²) in [5.74, 6) is 0. The maximum absolute atomic E-state index is 2.55. The van der Waals surface area contributed by atoms with Crippen LogP contribution in [-0.4, -0.2) is 13.7 Å². The zero-order valence-electron chi connectivity index (χ0n) is 38.4. The molecule has 0 atom stereocenters. The molecule has 0 N–H and O–H groups in total. The van der Waals surface area contributed by atoms with Crippen molar-refractivity contribution in [1.29, 1.82) is 0 Å². The van der Waals surface area contributed by atoms with Crippen LogP contribution in [0.3, 0.4) is 0 Å². The van der Waals surface area contributed by atoms with Crippen molar-refractivity contribution in [3.8, 4) is 17.1 Å². The first kappa shape index (κ1) is 37.5. The predicted molar refractivity (Wildman–Crippen MR) is 303 cm³/mol. The smallest absolute Gasteiger partial charge is 0.0561 e. The van der Waals surface area contributed by atoms with Crippen molar-refractivity contribution in [1.82, 2.24) is 13.7 Å². The molecule has 17 aromatic rings. The maximum Gasteiger partial charge on any atom is 0.0561 e. The van der Waals surface area contributed by atoms with Gasteiger partial charge in [-0.1, -0.05) is 176 Å². The summed E-state index contributed by atoms with van der Waals surface area (Å²) in [4.78, 5) is 0. The highest BCUT2D eigenvalue weighted by Gasteiger charge is 2.23. The van der Waals surface area contributed by atoms with Gasteiger partial charge in [-0.25, -0.2) is 0 Å². The first-order valence-electron chi connectivity index (χ1n) is 24.7. The van der Waals surface area contributed by atoms with Gasteiger partial charge in [0.25, 0.3) is 0 Å². The molecule has 14 aromatic carbocycles. The minimum Gasteiger partial charge on any atom is -0.309 e. The fraction of sp³-hybridized carbons (Fsp3) is 0. The van der Waals surface area contributed by atoms with E-state index < -0.39 is 0 Å². The molecule has 3 heterocycles. The summed E-state index contributed by atoms with van der Waals surface area (Å²) in [6.07, 6.45) is 0. The maximum atomic E-state index is 2.55. The lowest BCUT2D eigenvalue weighted by atomic mass is 9.94. The number of hydrogen-bond donors (Lipinski definition) is 0. The molecule has 0 bridgehead atoms. The van der Waals surface area contributed by atoms with E-state index in [0.29, 0.717) is 0 Å². The van der Waals surface area contributed by atoms with Crippen LogP contribution in [0.2, 0.25) is 0 Å². The van der Waals surface area contributed by atoms with Gasteiger partial charge < -0.3 is 13.7 Å². The molecule has 71 heavy (non-hydrogen) atoms. The summed E-state index contributed by atoms with van der Waals surface area (Å²) in [5.41, 5.74) is 10.5. The van der Waals surface area contributed by atoms with Gasteiger partial charge in [0, 0.05) is 49.4 Å². The summed E-state index contributed by atoms with van der Waals surface area (Å²) in [7, 11) is 0. The fourth-order valence-electron chi connectivity index (χ4n) is 13.1. The zero-order valence-corrected chi connectivity index (χ0v) is 38.4. The Hall–Kier alpha value is -9.44. The van der Waals surface area contributed by atoms with Gasteiger partial charge in [-0.05, 0) is 136 Å². The van der Waals surface area contributed by atoms with E-state index in [1.165, 1.54) is 141 Å². The van der Waals surface area contributed by atoms with Gasteiger partial charge in [-0.2, -0.15) is 0 Å². The molecule has 0 saturated carbocycles. The van der Waals surface area contributed by atoms with E-state index in [0.717, 1.165) is 17.1 Å². The third kappa shape index (κ3) is 4.96. The van der Waals surface area contributed by atoms with Crippen molar-refractivity contribution in [2.45, 2.75) is 0 Å². The van der Waals surface area contributed by atoms with E-state index in [1.807, 2.05) is 0 Å². The largest absolute Gasteiger partial charge is 0.309 e. The zero-order chi connectivity index (χ0) is 46.1. The Morgan fingerprint density at radius 1 is 0.169 bits per heavy atom. The fourth-order valence-corrected chi connectivity index (χ4v) is 13.1. The molecule has 0 aliphatic carbocycles. The summed E-state index contributed by atoms with van der Waals surface area (Å²) in [6, 6.07) is 88.9. The van der Waals surface area contributed by atoms with Crippen molar-refractivity contribution in [3.63, 3.8) is 0 Å². The second-order valence-corrected chi connectivity index (χ2v) is 19.6. The average molecular weight is 898 g/mol. The van der Waals surface area contributed by atoms with E-state index in [9.17, 15) is 0 Å². The molecule has 0 aliphatic rings. The monoisotopic (exact) mass is 897 g/mol. The third-order valence-electron chi connectivity index (χ3n) is 16.0. The second-order valence-electron chi connectivity index (χ2n) is 19.6. The van der Waals surface area contributed by atoms with Crippen molar-refractivity contribution in [2.75, 3.05) is 0 Å². The minimum atomic E-state index is 1.13. The molecule has 17 rings (SSSR count). The standard InChI is InChI=1S/C68H39N3/c1-5-16-51-40(10-1)24-32-57-65(51)66-52-17-6-2-11-41(52)25-33-58(66)69(57)48-28-30-55-56-31-29-49(70-59-34-26-42-12-3-7-18-53(42)67(59)68-54-19-8-4-13-43(54)27-35-60(68)70)39-62(56)71(61(55)38-48)50-36-46-22-20-44-14-9-15-45-21-23-47(37-50)64(46)63(44)45/h1-39H. The molecule has 3 aromatic heterocycles. The van der Waals surface area contributed by atoms with E-state index in [1.54, 1.807) is 0 Å². The van der Waals surface area contributed by atoms with Gasteiger partial charge in [0.05, 0.1) is 33.1 Å². The van der Waals surface area contributed by atoms with Crippen LogP contribution in [0.25, 0.3) is 158 Å². The Balaban J connectivity index is 0.996. The third-order valence-corrected chi connectivity index (χ3v) is 16.0. The molecule has 3 nitrogen and oxygen atoms in total. The molecule has 0 amide bonds. The van der Waals surface area contributed by atoms with Gasteiger partial charge in [0.1, 0.15) is 0 Å². The first-order valence-corrected chi connectivity index (χ1v) is 24.7. The molecule has 0 fully saturated rings. The van der Waals surface area contributed by atoms with Gasteiger partial charge in [-0.3, -0.25) is 0 Å². The molecule has 0 unspecified atom stereocenters. The minimum absolute atomic E-state index is 1.13. The summed E-state index contributed by atoms with van der Waals surface area (Å²) < 4.78 is 7.55. The van der Waals surface area contributed by atoms with E-state index in [2.05, 4.69) is 250 Å². The van der Waals surface area contributed by atoms with Crippen LogP contribution in [0.1, 0.15) is 0 Å². The van der Waals surface area contributed by atoms with Crippen molar-refractivity contribution < 1.29 is 0 Å². The Morgan fingerprint density at radius 3 is 0.873 bits per heavy atom. The van der Waals surface area contributed by atoms with Gasteiger partial charge in [0.15, 0.2) is 0 Å². The molecule has 0 radical (unpaired) electrons. The number of benzene rings is 14. The van der Waals surface area contributed by atoms with Crippen molar-refractivity contribution in [2.24, 2.45) is 0 Å². The number of aromatic nitrogens is 3. The van der Waals surface area contributed by atoms with Crippen LogP contribution in [0, 0.1) is 0 Å². The topological polar surface area (TPSA) is 14.8 Å². The first-order chi connectivity index (χ1) is 35.2. The normalized spacial score (nSPS) is 12.5. The number of hydrogen-bond acceptors (Lipinski definition) is 0. The Kier molecular flexibility index (Phi) is 7.20. The molecule has 0 aliphatic heterocycles. The SMILES string of the molecule is c1ccc2c(c1)ccc1c2c2c3ccccc3ccc2n1-c1ccc2c3ccc(-n4c5ccc6ccccc6c5c5c6ccccc6ccc54)cc3n(-c3cc4ccc5cccc6ccc(c3)c4c56)c2c1. The van der Waals surface area contributed by atoms with Crippen LogP contribution in [0.5, 0.6) is 0 Å². The Morgan fingerprint density at radius 2 is 0.479 bits per heavy atom. The van der Waals surface area contributed by atoms with Crippen LogP contribution < -0.4 is 0 Å². The number of nitrogens with zero attached hydrogens (tertiary/aromatic N) is 3. The number of rotatable bonds is 3. The average Bonchev–Trinajstić information content (AvgIpc) is 4.08. The van der Waals surface area contributed by atoms with E-state index >= 15 is 0 Å². The highest BCUT2D eigenvalue weighted by molar-refractivity contribution is 6.30. The highest BCUT2D eigenvalue weighted by Crippen LogP contribution is 2.45. The summed E-state index contributed by atoms with van der Waals surface area (Å²) in [5, 5.41) is 25.4. The van der Waals surface area contributed by atoms with E-state index in [4.69, 9.17) is 0 Å². The second kappa shape index (κ2) is 13.6.